The number of aromatic nitrogens is 2. The van der Waals surface area contributed by atoms with Crippen molar-refractivity contribution in [2.24, 2.45) is 5.92 Å². The van der Waals surface area contributed by atoms with Crippen molar-refractivity contribution in [1.29, 1.82) is 0 Å². The van der Waals surface area contributed by atoms with Gasteiger partial charge in [0.05, 0.1) is 0 Å². The molecule has 1 amide bonds. The van der Waals surface area contributed by atoms with E-state index in [0.717, 1.165) is 32.4 Å². The van der Waals surface area contributed by atoms with Crippen LogP contribution < -0.4 is 10.2 Å². The second-order valence-corrected chi connectivity index (χ2v) is 4.72. The van der Waals surface area contributed by atoms with Crippen molar-refractivity contribution >= 4 is 11.9 Å². The highest BCUT2D eigenvalue weighted by molar-refractivity contribution is 5.75. The van der Waals surface area contributed by atoms with Crippen molar-refractivity contribution in [2.75, 3.05) is 25.0 Å². The monoisotopic (exact) mass is 252 g/mol. The standard InChI is InChI=1S/C12H20N4O2/c1-3-4-11-14-12(15-18-11)16-6-5-9(8-16)7-10(17)13-2/h9H,3-8H2,1-2H3,(H,13,17)/t9-/m0/s1. The number of amides is 1. The fraction of sp³-hybridized carbons (Fsp3) is 0.750. The Labute approximate surface area is 107 Å². The minimum Gasteiger partial charge on any atom is -0.359 e. The third kappa shape index (κ3) is 3.00. The van der Waals surface area contributed by atoms with Gasteiger partial charge in [0.2, 0.25) is 11.8 Å². The molecule has 0 spiro atoms. The second kappa shape index (κ2) is 5.84. The Kier molecular flexibility index (Phi) is 4.17. The van der Waals surface area contributed by atoms with Gasteiger partial charge >= 0.3 is 0 Å². The molecule has 1 saturated heterocycles. The van der Waals surface area contributed by atoms with Gasteiger partial charge in [0.25, 0.3) is 5.95 Å². The van der Waals surface area contributed by atoms with Crippen LogP contribution in [0, 0.1) is 5.92 Å². The number of carbonyl (C=O) groups excluding carboxylic acids is 1. The van der Waals surface area contributed by atoms with Gasteiger partial charge in [-0.3, -0.25) is 4.79 Å². The molecule has 0 bridgehead atoms. The minimum atomic E-state index is 0.0987. The zero-order valence-electron chi connectivity index (χ0n) is 11.0. The summed E-state index contributed by atoms with van der Waals surface area (Å²) < 4.78 is 5.17. The molecule has 0 aliphatic carbocycles. The molecule has 6 nitrogen and oxygen atoms in total. The molecule has 0 unspecified atom stereocenters. The van der Waals surface area contributed by atoms with Crippen LogP contribution in [-0.4, -0.2) is 36.2 Å². The Balaban J connectivity index is 1.89. The first kappa shape index (κ1) is 12.9. The number of anilines is 1. The molecule has 1 fully saturated rings. The van der Waals surface area contributed by atoms with E-state index in [1.165, 1.54) is 0 Å². The van der Waals surface area contributed by atoms with Gasteiger partial charge in [-0.05, 0) is 23.9 Å². The number of carbonyl (C=O) groups is 1. The van der Waals surface area contributed by atoms with E-state index in [-0.39, 0.29) is 5.91 Å². The molecular weight excluding hydrogens is 232 g/mol. The third-order valence-electron chi connectivity index (χ3n) is 3.24. The molecule has 1 aromatic rings. The lowest BCUT2D eigenvalue weighted by Gasteiger charge is -2.12. The zero-order valence-corrected chi connectivity index (χ0v) is 11.0. The first-order valence-corrected chi connectivity index (χ1v) is 6.51. The van der Waals surface area contributed by atoms with E-state index in [1.807, 2.05) is 0 Å². The normalized spacial score (nSPS) is 19.2. The molecular formula is C12H20N4O2. The first-order chi connectivity index (χ1) is 8.72. The Bertz CT molecular complexity index is 405. The highest BCUT2D eigenvalue weighted by Gasteiger charge is 2.27. The Hall–Kier alpha value is -1.59. The molecule has 2 heterocycles. The number of hydrogen-bond donors (Lipinski definition) is 1. The molecule has 1 atom stereocenters. The Morgan fingerprint density at radius 3 is 3.17 bits per heavy atom. The molecule has 0 saturated carbocycles. The summed E-state index contributed by atoms with van der Waals surface area (Å²) in [7, 11) is 1.67. The van der Waals surface area contributed by atoms with Gasteiger partial charge in [-0.15, -0.1) is 0 Å². The Morgan fingerprint density at radius 2 is 2.44 bits per heavy atom. The van der Waals surface area contributed by atoms with Crippen LogP contribution in [0.4, 0.5) is 5.95 Å². The molecule has 1 aliphatic heterocycles. The van der Waals surface area contributed by atoms with E-state index < -0.39 is 0 Å². The van der Waals surface area contributed by atoms with Gasteiger partial charge in [-0.25, -0.2) is 0 Å². The van der Waals surface area contributed by atoms with Crippen LogP contribution in [0.15, 0.2) is 4.52 Å². The van der Waals surface area contributed by atoms with Crippen molar-refractivity contribution < 1.29 is 9.32 Å². The molecule has 1 aliphatic rings. The van der Waals surface area contributed by atoms with E-state index in [0.29, 0.717) is 24.2 Å². The molecule has 2 rings (SSSR count). The maximum Gasteiger partial charge on any atom is 0.266 e. The molecule has 1 N–H and O–H groups in total. The molecule has 1 aromatic heterocycles. The van der Waals surface area contributed by atoms with E-state index in [2.05, 4.69) is 27.3 Å². The summed E-state index contributed by atoms with van der Waals surface area (Å²) in [6, 6.07) is 0. The van der Waals surface area contributed by atoms with Crippen molar-refractivity contribution in [3.05, 3.63) is 5.89 Å². The van der Waals surface area contributed by atoms with Gasteiger partial charge in [0, 0.05) is 33.0 Å². The number of nitrogens with one attached hydrogen (secondary N) is 1. The van der Waals surface area contributed by atoms with Crippen LogP contribution in [0.25, 0.3) is 0 Å². The second-order valence-electron chi connectivity index (χ2n) is 4.72. The number of aryl methyl sites for hydroxylation is 1. The van der Waals surface area contributed by atoms with Crippen LogP contribution in [0.3, 0.4) is 0 Å². The molecule has 6 heteroatoms. The predicted molar refractivity (Wildman–Crippen MR) is 67.3 cm³/mol. The fourth-order valence-electron chi connectivity index (χ4n) is 2.23. The summed E-state index contributed by atoms with van der Waals surface area (Å²) in [4.78, 5) is 17.8. The average Bonchev–Trinajstić information content (AvgIpc) is 2.98. The Morgan fingerprint density at radius 1 is 1.61 bits per heavy atom. The number of nitrogens with zero attached hydrogens (tertiary/aromatic N) is 3. The van der Waals surface area contributed by atoms with Crippen LogP contribution >= 0.6 is 0 Å². The van der Waals surface area contributed by atoms with Gasteiger partial charge in [0.1, 0.15) is 0 Å². The highest BCUT2D eigenvalue weighted by atomic mass is 16.5. The lowest BCUT2D eigenvalue weighted by atomic mass is 10.1. The van der Waals surface area contributed by atoms with Crippen LogP contribution in [0.2, 0.25) is 0 Å². The summed E-state index contributed by atoms with van der Waals surface area (Å²) in [6.07, 6.45) is 3.40. The largest absolute Gasteiger partial charge is 0.359 e. The maximum atomic E-state index is 11.3. The zero-order chi connectivity index (χ0) is 13.0. The van der Waals surface area contributed by atoms with Crippen LogP contribution in [-0.2, 0) is 11.2 Å². The van der Waals surface area contributed by atoms with Crippen LogP contribution in [0.1, 0.15) is 32.1 Å². The highest BCUT2D eigenvalue weighted by Crippen LogP contribution is 2.23. The topological polar surface area (TPSA) is 71.3 Å². The van der Waals surface area contributed by atoms with Crippen molar-refractivity contribution in [2.45, 2.75) is 32.6 Å². The van der Waals surface area contributed by atoms with Gasteiger partial charge in [-0.1, -0.05) is 6.92 Å². The van der Waals surface area contributed by atoms with Gasteiger partial charge in [-0.2, -0.15) is 4.98 Å². The van der Waals surface area contributed by atoms with Crippen LogP contribution in [0.5, 0.6) is 0 Å². The van der Waals surface area contributed by atoms with Crippen molar-refractivity contribution in [3.63, 3.8) is 0 Å². The summed E-state index contributed by atoms with van der Waals surface area (Å²) in [6.45, 7) is 3.81. The van der Waals surface area contributed by atoms with Gasteiger partial charge in [0.15, 0.2) is 0 Å². The fourth-order valence-corrected chi connectivity index (χ4v) is 2.23. The SMILES string of the molecule is CCCc1nc(N2CC[C@@H](CC(=O)NC)C2)no1. The average molecular weight is 252 g/mol. The summed E-state index contributed by atoms with van der Waals surface area (Å²) in [5.41, 5.74) is 0. The summed E-state index contributed by atoms with van der Waals surface area (Å²) in [5, 5.41) is 6.65. The lowest BCUT2D eigenvalue weighted by Crippen LogP contribution is -2.24. The van der Waals surface area contributed by atoms with E-state index in [9.17, 15) is 4.79 Å². The molecule has 0 aromatic carbocycles. The molecule has 100 valence electrons. The first-order valence-electron chi connectivity index (χ1n) is 6.51. The van der Waals surface area contributed by atoms with Crippen molar-refractivity contribution in [3.8, 4) is 0 Å². The number of rotatable bonds is 5. The smallest absolute Gasteiger partial charge is 0.266 e. The van der Waals surface area contributed by atoms with E-state index in [4.69, 9.17) is 4.52 Å². The van der Waals surface area contributed by atoms with Crippen molar-refractivity contribution in [1.82, 2.24) is 15.5 Å². The van der Waals surface area contributed by atoms with E-state index in [1.54, 1.807) is 7.05 Å². The molecule has 18 heavy (non-hydrogen) atoms. The maximum absolute atomic E-state index is 11.3. The summed E-state index contributed by atoms with van der Waals surface area (Å²) in [5.74, 6) is 1.85. The van der Waals surface area contributed by atoms with E-state index >= 15 is 0 Å². The molecule has 0 radical (unpaired) electrons. The van der Waals surface area contributed by atoms with Gasteiger partial charge < -0.3 is 14.7 Å². The number of hydrogen-bond acceptors (Lipinski definition) is 5. The quantitative estimate of drug-likeness (QED) is 0.846. The minimum absolute atomic E-state index is 0.0987. The third-order valence-corrected chi connectivity index (χ3v) is 3.24. The summed E-state index contributed by atoms with van der Waals surface area (Å²) >= 11 is 0. The lowest BCUT2D eigenvalue weighted by molar-refractivity contribution is -0.121. The predicted octanol–water partition coefficient (Wildman–Crippen LogP) is 0.984.